The van der Waals surface area contributed by atoms with E-state index >= 15 is 0 Å². The van der Waals surface area contributed by atoms with E-state index in [1.165, 1.54) is 53.2 Å². The van der Waals surface area contributed by atoms with E-state index in [9.17, 15) is 0 Å². The minimum absolute atomic E-state index is 0.888. The van der Waals surface area contributed by atoms with Gasteiger partial charge in [0.15, 0.2) is 0 Å². The fraction of sp³-hybridized carbons (Fsp3) is 0. The normalized spacial score (nSPS) is 11.6. The van der Waals surface area contributed by atoms with Crippen LogP contribution in [0.2, 0.25) is 0 Å². The van der Waals surface area contributed by atoms with Crippen LogP contribution in [0.5, 0.6) is 0 Å². The van der Waals surface area contributed by atoms with Crippen molar-refractivity contribution in [1.82, 2.24) is 0 Å². The first kappa shape index (κ1) is 31.6. The topological polar surface area (TPSA) is 16.4 Å². The number of benzene rings is 9. The second-order valence-electron chi connectivity index (χ2n) is 14.1. The van der Waals surface area contributed by atoms with Gasteiger partial charge in [-0.25, -0.2) is 0 Å². The molecule has 0 atom stereocenters. The molecule has 11 aromatic rings. The molecule has 2 nitrogen and oxygen atoms in total. The Balaban J connectivity index is 1.12. The summed E-state index contributed by atoms with van der Waals surface area (Å²) in [6, 6.07) is 72.3. The summed E-state index contributed by atoms with van der Waals surface area (Å²) in [6.07, 6.45) is 0. The molecule has 258 valence electrons. The minimum Gasteiger partial charge on any atom is -0.456 e. The Bertz CT molecular complexity index is 3210. The highest BCUT2D eigenvalue weighted by Crippen LogP contribution is 2.47. The Morgan fingerprint density at radius 3 is 1.95 bits per heavy atom. The molecule has 0 aliphatic rings. The van der Waals surface area contributed by atoms with E-state index in [-0.39, 0.29) is 0 Å². The second kappa shape index (κ2) is 12.9. The van der Waals surface area contributed by atoms with Gasteiger partial charge in [0, 0.05) is 37.6 Å². The number of hydrogen-bond acceptors (Lipinski definition) is 3. The van der Waals surface area contributed by atoms with Crippen LogP contribution in [0.1, 0.15) is 0 Å². The molecule has 0 aliphatic carbocycles. The lowest BCUT2D eigenvalue weighted by molar-refractivity contribution is 0.669. The van der Waals surface area contributed by atoms with Crippen molar-refractivity contribution in [2.45, 2.75) is 0 Å². The van der Waals surface area contributed by atoms with Gasteiger partial charge in [-0.2, -0.15) is 0 Å². The molecule has 0 unspecified atom stereocenters. The molecule has 2 heterocycles. The van der Waals surface area contributed by atoms with E-state index in [1.807, 2.05) is 23.5 Å². The minimum atomic E-state index is 0.888. The van der Waals surface area contributed by atoms with E-state index in [2.05, 4.69) is 193 Å². The van der Waals surface area contributed by atoms with E-state index in [4.69, 9.17) is 4.42 Å². The van der Waals surface area contributed by atoms with E-state index in [0.717, 1.165) is 50.1 Å². The van der Waals surface area contributed by atoms with Crippen molar-refractivity contribution >= 4 is 81.3 Å². The van der Waals surface area contributed by atoms with Crippen LogP contribution >= 0.6 is 11.3 Å². The summed E-state index contributed by atoms with van der Waals surface area (Å²) in [5, 5.41) is 7.31. The van der Waals surface area contributed by atoms with E-state index in [1.54, 1.807) is 0 Å². The standard InChI is InChI=1S/C52H33NOS/c1-2-12-36(13-3-1)42-30-28-41(33-47(42)39-25-29-44-43-15-6-8-19-49(43)54-50(44)32-39)53(48-18-10-17-46-45-16-7-9-20-51(45)55-52(46)48)40-26-23-35(24-27-40)38-22-21-34-11-4-5-14-37(34)31-38/h1-33H. The van der Waals surface area contributed by atoms with Crippen LogP contribution in [-0.2, 0) is 0 Å². The maximum Gasteiger partial charge on any atom is 0.136 e. The second-order valence-corrected chi connectivity index (χ2v) is 15.2. The maximum absolute atomic E-state index is 6.42. The first-order valence-corrected chi connectivity index (χ1v) is 19.5. The summed E-state index contributed by atoms with van der Waals surface area (Å²) in [5.74, 6) is 0. The molecule has 0 fully saturated rings. The fourth-order valence-corrected chi connectivity index (χ4v) is 9.39. The van der Waals surface area contributed by atoms with Crippen LogP contribution in [0.25, 0.3) is 86.3 Å². The molecular weight excluding hydrogens is 687 g/mol. The van der Waals surface area contributed by atoms with Crippen molar-refractivity contribution < 1.29 is 4.42 Å². The quantitative estimate of drug-likeness (QED) is 0.170. The highest BCUT2D eigenvalue weighted by molar-refractivity contribution is 7.26. The lowest BCUT2D eigenvalue weighted by atomic mass is 9.93. The third-order valence-electron chi connectivity index (χ3n) is 10.9. The van der Waals surface area contributed by atoms with Crippen LogP contribution < -0.4 is 4.90 Å². The molecule has 0 bridgehead atoms. The van der Waals surface area contributed by atoms with Gasteiger partial charge in [-0.05, 0) is 105 Å². The van der Waals surface area contributed by atoms with Crippen LogP contribution in [0.4, 0.5) is 17.1 Å². The van der Waals surface area contributed by atoms with Crippen LogP contribution in [0, 0.1) is 0 Å². The number of para-hydroxylation sites is 1. The zero-order valence-corrected chi connectivity index (χ0v) is 30.6. The molecule has 0 amide bonds. The lowest BCUT2D eigenvalue weighted by Crippen LogP contribution is -2.10. The van der Waals surface area contributed by atoms with Crippen LogP contribution in [-0.4, -0.2) is 0 Å². The summed E-state index contributed by atoms with van der Waals surface area (Å²) < 4.78 is 8.97. The summed E-state index contributed by atoms with van der Waals surface area (Å²) in [7, 11) is 0. The third kappa shape index (κ3) is 5.40. The highest BCUT2D eigenvalue weighted by atomic mass is 32.1. The Hall–Kier alpha value is -6.94. The van der Waals surface area contributed by atoms with Crippen molar-refractivity contribution in [3.63, 3.8) is 0 Å². The fourth-order valence-electron chi connectivity index (χ4n) is 8.18. The molecule has 0 aliphatic heterocycles. The Morgan fingerprint density at radius 2 is 1.05 bits per heavy atom. The summed E-state index contributed by atoms with van der Waals surface area (Å²) in [6.45, 7) is 0. The SMILES string of the molecule is c1ccc(-c2ccc(N(c3ccc(-c4ccc5ccccc5c4)cc3)c3cccc4c3sc3ccccc34)cc2-c2ccc3c(c2)oc2ccccc23)cc1. The number of furan rings is 1. The molecule has 55 heavy (non-hydrogen) atoms. The van der Waals surface area contributed by atoms with Gasteiger partial charge in [-0.1, -0.05) is 140 Å². The molecule has 3 heteroatoms. The van der Waals surface area contributed by atoms with E-state index in [0.29, 0.717) is 0 Å². The molecule has 9 aromatic carbocycles. The maximum atomic E-state index is 6.42. The summed E-state index contributed by atoms with van der Waals surface area (Å²) in [5.41, 5.74) is 12.1. The molecule has 0 N–H and O–H groups in total. The first-order chi connectivity index (χ1) is 27.2. The number of hydrogen-bond donors (Lipinski definition) is 0. The average Bonchev–Trinajstić information content (AvgIpc) is 3.83. The number of thiophene rings is 1. The van der Waals surface area contributed by atoms with Gasteiger partial charge in [0.1, 0.15) is 11.2 Å². The van der Waals surface area contributed by atoms with Gasteiger partial charge in [0.2, 0.25) is 0 Å². The largest absolute Gasteiger partial charge is 0.456 e. The van der Waals surface area contributed by atoms with Gasteiger partial charge in [-0.15, -0.1) is 11.3 Å². The van der Waals surface area contributed by atoms with Gasteiger partial charge < -0.3 is 9.32 Å². The lowest BCUT2D eigenvalue weighted by Gasteiger charge is -2.27. The predicted molar refractivity (Wildman–Crippen MR) is 235 cm³/mol. The number of fused-ring (bicyclic) bond motifs is 7. The van der Waals surface area contributed by atoms with Gasteiger partial charge >= 0.3 is 0 Å². The summed E-state index contributed by atoms with van der Waals surface area (Å²) in [4.78, 5) is 2.43. The molecule has 0 radical (unpaired) electrons. The van der Waals surface area contributed by atoms with Crippen LogP contribution in [0.3, 0.4) is 0 Å². The summed E-state index contributed by atoms with van der Waals surface area (Å²) >= 11 is 1.86. The van der Waals surface area contributed by atoms with E-state index < -0.39 is 0 Å². The molecule has 0 saturated carbocycles. The van der Waals surface area contributed by atoms with Crippen molar-refractivity contribution in [3.8, 4) is 33.4 Å². The predicted octanol–water partition coefficient (Wildman–Crippen LogP) is 15.6. The smallest absolute Gasteiger partial charge is 0.136 e. The molecule has 11 rings (SSSR count). The molecular formula is C52H33NOS. The Kier molecular flexibility index (Phi) is 7.39. The zero-order valence-electron chi connectivity index (χ0n) is 29.8. The first-order valence-electron chi connectivity index (χ1n) is 18.7. The van der Waals surface area contributed by atoms with Gasteiger partial charge in [-0.3, -0.25) is 0 Å². The van der Waals surface area contributed by atoms with Gasteiger partial charge in [0.05, 0.1) is 10.4 Å². The Labute approximate surface area is 322 Å². The van der Waals surface area contributed by atoms with Crippen molar-refractivity contribution in [2.75, 3.05) is 4.90 Å². The zero-order chi connectivity index (χ0) is 36.3. The monoisotopic (exact) mass is 719 g/mol. The average molecular weight is 720 g/mol. The molecule has 2 aromatic heterocycles. The van der Waals surface area contributed by atoms with Gasteiger partial charge in [0.25, 0.3) is 0 Å². The van der Waals surface area contributed by atoms with Crippen molar-refractivity contribution in [3.05, 3.63) is 200 Å². The number of rotatable bonds is 6. The number of anilines is 3. The Morgan fingerprint density at radius 1 is 0.364 bits per heavy atom. The van der Waals surface area contributed by atoms with Crippen LogP contribution in [0.15, 0.2) is 205 Å². The highest BCUT2D eigenvalue weighted by Gasteiger charge is 2.21. The molecule has 0 spiro atoms. The number of nitrogens with zero attached hydrogens (tertiary/aromatic N) is 1. The third-order valence-corrected chi connectivity index (χ3v) is 12.1. The molecule has 0 saturated heterocycles. The van der Waals surface area contributed by atoms with Crippen molar-refractivity contribution in [1.29, 1.82) is 0 Å². The van der Waals surface area contributed by atoms with Crippen molar-refractivity contribution in [2.24, 2.45) is 0 Å².